The standard InChI is InChI=1S/C32H39N7O5.2ClH/c1-21(2)44-26(40)20-38-14-16-39(17-15-38)36-32(42)33-25-7-5-6-24-27(25)31(41)28-29(34-35-30(24)28)22-8-10-23(11-9-22)43-19-18-37-12-3-4-13-37;;/h5-11,21H,3-4,12-20H2,1-2H3,(H,34,35)(H2,33,36,42);2*1H. The van der Waals surface area contributed by atoms with Crippen LogP contribution in [0.5, 0.6) is 5.75 Å². The normalized spacial score (nSPS) is 16.3. The molecule has 3 N–H and O–H groups in total. The first-order valence-electron chi connectivity index (χ1n) is 15.3. The number of aromatic amines is 1. The van der Waals surface area contributed by atoms with Crippen molar-refractivity contribution >= 4 is 48.3 Å². The zero-order valence-electron chi connectivity index (χ0n) is 26.0. The van der Waals surface area contributed by atoms with Crippen LogP contribution in [-0.2, 0) is 9.53 Å². The fourth-order valence-electron chi connectivity index (χ4n) is 6.00. The lowest BCUT2D eigenvalue weighted by atomic mass is 10.0. The molecule has 0 saturated carbocycles. The number of nitrogens with one attached hydrogen (secondary N) is 3. The van der Waals surface area contributed by atoms with Crippen molar-refractivity contribution in [1.29, 1.82) is 0 Å². The summed E-state index contributed by atoms with van der Waals surface area (Å²) in [5.41, 5.74) is 6.92. The average Bonchev–Trinajstić information content (AvgIpc) is 3.73. The number of benzene rings is 2. The topological polar surface area (TPSA) is 132 Å². The quantitative estimate of drug-likeness (QED) is 0.212. The SMILES string of the molecule is CC(C)OC(=O)CN1CCN(NC(=O)Nc2cccc3c2C(=O)c2c(-c4ccc(OCCN5CCCC5)cc4)n[nH]c2-3)CC1.Cl.Cl. The maximum absolute atomic E-state index is 13.7. The van der Waals surface area contributed by atoms with Crippen molar-refractivity contribution in [2.75, 3.05) is 64.3 Å². The van der Waals surface area contributed by atoms with Gasteiger partial charge >= 0.3 is 12.0 Å². The molecule has 0 radical (unpaired) electrons. The molecule has 1 aliphatic carbocycles. The molecule has 3 heterocycles. The van der Waals surface area contributed by atoms with E-state index in [4.69, 9.17) is 9.47 Å². The highest BCUT2D eigenvalue weighted by Crippen LogP contribution is 2.43. The number of hydrazine groups is 1. The molecule has 2 saturated heterocycles. The van der Waals surface area contributed by atoms with Gasteiger partial charge in [-0.05, 0) is 70.1 Å². The third kappa shape index (κ3) is 7.99. The van der Waals surface area contributed by atoms with E-state index in [0.29, 0.717) is 66.6 Å². The number of carbonyl (C=O) groups is 3. The fraction of sp³-hybridized carbons (Fsp3) is 0.438. The number of piperazine rings is 1. The summed E-state index contributed by atoms with van der Waals surface area (Å²) in [5, 5.41) is 12.2. The fourth-order valence-corrected chi connectivity index (χ4v) is 6.00. The molecule has 1 aromatic heterocycles. The van der Waals surface area contributed by atoms with E-state index in [0.717, 1.165) is 30.9 Å². The minimum atomic E-state index is -0.437. The Morgan fingerprint density at radius 2 is 1.65 bits per heavy atom. The highest BCUT2D eigenvalue weighted by Gasteiger charge is 2.35. The summed E-state index contributed by atoms with van der Waals surface area (Å²) in [6, 6.07) is 12.6. The number of urea groups is 1. The zero-order chi connectivity index (χ0) is 30.6. The van der Waals surface area contributed by atoms with Crippen LogP contribution in [0.4, 0.5) is 10.5 Å². The zero-order valence-corrected chi connectivity index (χ0v) is 27.7. The Kier molecular flexibility index (Phi) is 12.0. The molecule has 0 bridgehead atoms. The van der Waals surface area contributed by atoms with Crippen LogP contribution in [0.15, 0.2) is 42.5 Å². The highest BCUT2D eigenvalue weighted by atomic mass is 35.5. The maximum atomic E-state index is 13.7. The summed E-state index contributed by atoms with van der Waals surface area (Å²) < 4.78 is 11.2. The number of nitrogens with zero attached hydrogens (tertiary/aromatic N) is 4. The van der Waals surface area contributed by atoms with Gasteiger partial charge in [-0.3, -0.25) is 29.9 Å². The van der Waals surface area contributed by atoms with Gasteiger partial charge in [-0.25, -0.2) is 9.80 Å². The highest BCUT2D eigenvalue weighted by molar-refractivity contribution is 6.26. The number of esters is 1. The Morgan fingerprint density at radius 3 is 2.35 bits per heavy atom. The predicted octanol–water partition coefficient (Wildman–Crippen LogP) is 4.21. The number of rotatable bonds is 10. The molecule has 2 aliphatic heterocycles. The van der Waals surface area contributed by atoms with Gasteiger partial charge in [0.1, 0.15) is 18.1 Å². The van der Waals surface area contributed by atoms with Gasteiger partial charge < -0.3 is 14.8 Å². The van der Waals surface area contributed by atoms with Crippen LogP contribution in [0.2, 0.25) is 0 Å². The Hall–Kier alpha value is -3.68. The Balaban J connectivity index is 0.00000240. The Labute approximate surface area is 280 Å². The molecule has 14 heteroatoms. The number of anilines is 1. The molecule has 0 atom stereocenters. The summed E-state index contributed by atoms with van der Waals surface area (Å²) in [7, 11) is 0. The molecule has 12 nitrogen and oxygen atoms in total. The largest absolute Gasteiger partial charge is 0.492 e. The molecule has 248 valence electrons. The number of likely N-dealkylation sites (tertiary alicyclic amines) is 1. The van der Waals surface area contributed by atoms with E-state index in [1.807, 2.05) is 49.1 Å². The van der Waals surface area contributed by atoms with Gasteiger partial charge in [-0.1, -0.05) is 12.1 Å². The molecule has 0 unspecified atom stereocenters. The molecule has 2 fully saturated rings. The summed E-state index contributed by atoms with van der Waals surface area (Å²) in [4.78, 5) is 43.1. The van der Waals surface area contributed by atoms with Crippen LogP contribution < -0.4 is 15.5 Å². The lowest BCUT2D eigenvalue weighted by Crippen LogP contribution is -2.55. The van der Waals surface area contributed by atoms with Gasteiger partial charge in [0.15, 0.2) is 5.78 Å². The number of amides is 2. The van der Waals surface area contributed by atoms with Crippen molar-refractivity contribution in [3.8, 4) is 28.3 Å². The molecular weight excluding hydrogens is 633 g/mol. The summed E-state index contributed by atoms with van der Waals surface area (Å²) in [6.07, 6.45) is 2.37. The molecule has 3 aliphatic rings. The number of carbonyl (C=O) groups excluding carboxylic acids is 3. The lowest BCUT2D eigenvalue weighted by molar-refractivity contribution is -0.149. The van der Waals surface area contributed by atoms with Gasteiger partial charge in [-0.2, -0.15) is 5.10 Å². The number of halogens is 2. The maximum Gasteiger partial charge on any atom is 0.333 e. The molecule has 2 aromatic carbocycles. The van der Waals surface area contributed by atoms with Crippen molar-refractivity contribution in [2.24, 2.45) is 0 Å². The van der Waals surface area contributed by atoms with E-state index in [1.54, 1.807) is 17.1 Å². The van der Waals surface area contributed by atoms with Crippen molar-refractivity contribution in [1.82, 2.24) is 30.4 Å². The minimum absolute atomic E-state index is 0. The number of ketones is 1. The number of ether oxygens (including phenoxy) is 2. The molecule has 6 rings (SSSR count). The second-order valence-electron chi connectivity index (χ2n) is 11.7. The van der Waals surface area contributed by atoms with Crippen molar-refractivity contribution < 1.29 is 23.9 Å². The van der Waals surface area contributed by atoms with Gasteiger partial charge in [0.05, 0.1) is 35.2 Å². The van der Waals surface area contributed by atoms with Crippen LogP contribution in [0.1, 0.15) is 42.6 Å². The van der Waals surface area contributed by atoms with Crippen LogP contribution in [0, 0.1) is 0 Å². The summed E-state index contributed by atoms with van der Waals surface area (Å²) in [6.45, 7) is 10.0. The van der Waals surface area contributed by atoms with E-state index in [1.165, 1.54) is 12.8 Å². The Bertz CT molecular complexity index is 1520. The van der Waals surface area contributed by atoms with Gasteiger partial charge in [-0.15, -0.1) is 24.8 Å². The molecular formula is C32H41Cl2N7O5. The first-order valence-corrected chi connectivity index (χ1v) is 15.3. The van der Waals surface area contributed by atoms with Crippen molar-refractivity contribution in [3.63, 3.8) is 0 Å². The first-order chi connectivity index (χ1) is 21.4. The van der Waals surface area contributed by atoms with Gasteiger partial charge in [0.2, 0.25) is 0 Å². The monoisotopic (exact) mass is 673 g/mol. The van der Waals surface area contributed by atoms with Crippen LogP contribution >= 0.6 is 24.8 Å². The van der Waals surface area contributed by atoms with Crippen LogP contribution in [0.25, 0.3) is 22.5 Å². The minimum Gasteiger partial charge on any atom is -0.492 e. The third-order valence-corrected chi connectivity index (χ3v) is 8.16. The van der Waals surface area contributed by atoms with Gasteiger partial charge in [0.25, 0.3) is 0 Å². The van der Waals surface area contributed by atoms with E-state index in [2.05, 4.69) is 25.8 Å². The number of hydrogen-bond donors (Lipinski definition) is 3. The number of aromatic nitrogens is 2. The van der Waals surface area contributed by atoms with E-state index < -0.39 is 6.03 Å². The second-order valence-corrected chi connectivity index (χ2v) is 11.7. The predicted molar refractivity (Wildman–Crippen MR) is 180 cm³/mol. The number of fused-ring (bicyclic) bond motifs is 3. The van der Waals surface area contributed by atoms with Crippen molar-refractivity contribution in [2.45, 2.75) is 32.8 Å². The number of hydrogen-bond acceptors (Lipinski definition) is 9. The summed E-state index contributed by atoms with van der Waals surface area (Å²) in [5.74, 6) is 0.337. The van der Waals surface area contributed by atoms with Crippen molar-refractivity contribution in [3.05, 3.63) is 53.6 Å². The van der Waals surface area contributed by atoms with Crippen LogP contribution in [0.3, 0.4) is 0 Å². The molecule has 3 aromatic rings. The smallest absolute Gasteiger partial charge is 0.333 e. The lowest BCUT2D eigenvalue weighted by Gasteiger charge is -2.34. The first kappa shape index (κ1) is 35.2. The average molecular weight is 675 g/mol. The molecule has 46 heavy (non-hydrogen) atoms. The summed E-state index contributed by atoms with van der Waals surface area (Å²) >= 11 is 0. The second kappa shape index (κ2) is 15.7. The molecule has 2 amide bonds. The third-order valence-electron chi connectivity index (χ3n) is 8.16. The van der Waals surface area contributed by atoms with Crippen LogP contribution in [-0.4, -0.2) is 108 Å². The number of H-pyrrole nitrogens is 1. The Morgan fingerprint density at radius 1 is 0.935 bits per heavy atom. The van der Waals surface area contributed by atoms with E-state index in [-0.39, 0.29) is 49.2 Å². The van der Waals surface area contributed by atoms with Gasteiger partial charge in [0, 0.05) is 43.9 Å². The van der Waals surface area contributed by atoms with E-state index >= 15 is 0 Å². The van der Waals surface area contributed by atoms with E-state index in [9.17, 15) is 14.4 Å². The molecule has 0 spiro atoms.